The van der Waals surface area contributed by atoms with Gasteiger partial charge in [0.05, 0.1) is 4.90 Å². The average molecular weight is 318 g/mol. The molecule has 1 aliphatic heterocycles. The van der Waals surface area contributed by atoms with Crippen LogP contribution in [0.4, 0.5) is 5.69 Å². The van der Waals surface area contributed by atoms with Crippen molar-refractivity contribution in [1.82, 2.24) is 5.32 Å². The van der Waals surface area contributed by atoms with Gasteiger partial charge in [-0.25, -0.2) is 8.42 Å². The molecular formula is C15H14N2O4S. The third-order valence-electron chi connectivity index (χ3n) is 3.79. The minimum atomic E-state index is -3.90. The number of fused-ring (bicyclic) bond motifs is 1. The zero-order valence-electron chi connectivity index (χ0n) is 11.6. The Bertz CT molecular complexity index is 890. The van der Waals surface area contributed by atoms with Crippen molar-refractivity contribution < 1.29 is 18.0 Å². The Labute approximate surface area is 127 Å². The van der Waals surface area contributed by atoms with E-state index in [-0.39, 0.29) is 17.7 Å². The zero-order valence-corrected chi connectivity index (χ0v) is 12.4. The standard InChI is InChI=1S/C15H14N2O4S/c16-11-5-6-12(10-4-2-1-3-9(10)11)22(20,21)13-7-8-14(18)17-15(13)19/h1-6,13H,7-8,16H2,(H,17,18,19). The number of nitrogens with two attached hydrogens (primary N) is 1. The molecule has 1 heterocycles. The Morgan fingerprint density at radius 3 is 2.41 bits per heavy atom. The summed E-state index contributed by atoms with van der Waals surface area (Å²) in [6, 6.07) is 9.79. The van der Waals surface area contributed by atoms with Crippen molar-refractivity contribution in [2.75, 3.05) is 5.73 Å². The zero-order chi connectivity index (χ0) is 15.9. The SMILES string of the molecule is Nc1ccc(S(=O)(=O)C2CCC(=O)NC2=O)c2ccccc12. The predicted octanol–water partition coefficient (Wildman–Crippen LogP) is 1.00. The van der Waals surface area contributed by atoms with Crippen LogP contribution in [-0.4, -0.2) is 25.5 Å². The highest BCUT2D eigenvalue weighted by atomic mass is 32.2. The molecule has 2 amide bonds. The van der Waals surface area contributed by atoms with Crippen LogP contribution in [0.1, 0.15) is 12.8 Å². The number of amides is 2. The van der Waals surface area contributed by atoms with Crippen LogP contribution in [0.25, 0.3) is 10.8 Å². The molecule has 0 bridgehead atoms. The number of hydrogen-bond donors (Lipinski definition) is 2. The highest BCUT2D eigenvalue weighted by molar-refractivity contribution is 7.93. The van der Waals surface area contributed by atoms with Crippen molar-refractivity contribution in [2.24, 2.45) is 0 Å². The fraction of sp³-hybridized carbons (Fsp3) is 0.200. The van der Waals surface area contributed by atoms with Gasteiger partial charge in [-0.2, -0.15) is 0 Å². The van der Waals surface area contributed by atoms with Crippen LogP contribution in [0.5, 0.6) is 0 Å². The summed E-state index contributed by atoms with van der Waals surface area (Å²) in [5, 5.41) is 1.93. The third kappa shape index (κ3) is 2.23. The molecule has 1 atom stereocenters. The van der Waals surface area contributed by atoms with Crippen LogP contribution < -0.4 is 11.1 Å². The number of rotatable bonds is 2. The maximum atomic E-state index is 12.8. The molecule has 0 spiro atoms. The first kappa shape index (κ1) is 14.5. The molecule has 3 rings (SSSR count). The van der Waals surface area contributed by atoms with Crippen molar-refractivity contribution in [3.05, 3.63) is 36.4 Å². The molecule has 0 aromatic heterocycles. The van der Waals surface area contributed by atoms with Crippen molar-refractivity contribution in [1.29, 1.82) is 0 Å². The first-order valence-corrected chi connectivity index (χ1v) is 8.30. The minimum Gasteiger partial charge on any atom is -0.398 e. The molecule has 2 aromatic carbocycles. The second kappa shape index (κ2) is 5.10. The Morgan fingerprint density at radius 1 is 1.05 bits per heavy atom. The Morgan fingerprint density at radius 2 is 1.73 bits per heavy atom. The van der Waals surface area contributed by atoms with Crippen molar-refractivity contribution >= 4 is 38.1 Å². The molecule has 0 saturated carbocycles. The Kier molecular flexibility index (Phi) is 3.37. The van der Waals surface area contributed by atoms with E-state index >= 15 is 0 Å². The van der Waals surface area contributed by atoms with Gasteiger partial charge in [0, 0.05) is 22.9 Å². The number of anilines is 1. The molecule has 1 saturated heterocycles. The average Bonchev–Trinajstić information content (AvgIpc) is 2.47. The van der Waals surface area contributed by atoms with E-state index in [4.69, 9.17) is 5.73 Å². The van der Waals surface area contributed by atoms with Crippen LogP contribution in [0.2, 0.25) is 0 Å². The van der Waals surface area contributed by atoms with E-state index in [1.807, 2.05) is 0 Å². The molecule has 1 aliphatic rings. The number of piperidine rings is 1. The van der Waals surface area contributed by atoms with E-state index in [0.29, 0.717) is 16.5 Å². The molecule has 1 unspecified atom stereocenters. The van der Waals surface area contributed by atoms with Crippen LogP contribution in [0.15, 0.2) is 41.3 Å². The summed E-state index contributed by atoms with van der Waals surface area (Å²) in [6.07, 6.45) is 0.00818. The molecule has 6 nitrogen and oxygen atoms in total. The summed E-state index contributed by atoms with van der Waals surface area (Å²) in [6.45, 7) is 0. The normalized spacial score (nSPS) is 19.2. The van der Waals surface area contributed by atoms with Gasteiger partial charge in [-0.05, 0) is 18.6 Å². The molecular weight excluding hydrogens is 304 g/mol. The highest BCUT2D eigenvalue weighted by Gasteiger charge is 2.38. The fourth-order valence-electron chi connectivity index (χ4n) is 2.67. The maximum Gasteiger partial charge on any atom is 0.245 e. The van der Waals surface area contributed by atoms with Gasteiger partial charge in [0.15, 0.2) is 9.84 Å². The maximum absolute atomic E-state index is 12.8. The van der Waals surface area contributed by atoms with Crippen LogP contribution in [-0.2, 0) is 19.4 Å². The lowest BCUT2D eigenvalue weighted by molar-refractivity contribution is -0.132. The smallest absolute Gasteiger partial charge is 0.245 e. The van der Waals surface area contributed by atoms with E-state index in [1.54, 1.807) is 24.3 Å². The predicted molar refractivity (Wildman–Crippen MR) is 81.7 cm³/mol. The summed E-state index contributed by atoms with van der Waals surface area (Å²) < 4.78 is 25.6. The summed E-state index contributed by atoms with van der Waals surface area (Å²) in [4.78, 5) is 23.1. The Hall–Kier alpha value is -2.41. The van der Waals surface area contributed by atoms with Crippen LogP contribution >= 0.6 is 0 Å². The van der Waals surface area contributed by atoms with Gasteiger partial charge in [0.1, 0.15) is 5.25 Å². The molecule has 0 aliphatic carbocycles. The number of carbonyl (C=O) groups is 2. The van der Waals surface area contributed by atoms with E-state index in [1.165, 1.54) is 12.1 Å². The van der Waals surface area contributed by atoms with Gasteiger partial charge in [-0.15, -0.1) is 0 Å². The lowest BCUT2D eigenvalue weighted by Crippen LogP contribution is -2.47. The van der Waals surface area contributed by atoms with Gasteiger partial charge in [0.2, 0.25) is 11.8 Å². The molecule has 2 aromatic rings. The summed E-state index contributed by atoms with van der Waals surface area (Å²) in [5.74, 6) is -1.21. The van der Waals surface area contributed by atoms with Gasteiger partial charge >= 0.3 is 0 Å². The second-order valence-corrected chi connectivity index (χ2v) is 7.28. The Balaban J connectivity index is 2.16. The lowest BCUT2D eigenvalue weighted by atomic mass is 10.1. The lowest BCUT2D eigenvalue weighted by Gasteiger charge is -2.21. The summed E-state index contributed by atoms with van der Waals surface area (Å²) in [7, 11) is -3.90. The first-order valence-electron chi connectivity index (χ1n) is 6.76. The highest BCUT2D eigenvalue weighted by Crippen LogP contribution is 2.31. The van der Waals surface area contributed by atoms with Crippen LogP contribution in [0, 0.1) is 0 Å². The number of sulfone groups is 1. The second-order valence-electron chi connectivity index (χ2n) is 5.18. The molecule has 0 radical (unpaired) electrons. The topological polar surface area (TPSA) is 106 Å². The van der Waals surface area contributed by atoms with E-state index in [2.05, 4.69) is 5.32 Å². The van der Waals surface area contributed by atoms with Gasteiger partial charge < -0.3 is 5.73 Å². The number of hydrogen-bond acceptors (Lipinski definition) is 5. The summed E-state index contributed by atoms with van der Waals surface area (Å²) >= 11 is 0. The van der Waals surface area contributed by atoms with Crippen molar-refractivity contribution in [2.45, 2.75) is 23.0 Å². The monoisotopic (exact) mass is 318 g/mol. The molecule has 114 valence electrons. The van der Waals surface area contributed by atoms with Crippen LogP contribution in [0.3, 0.4) is 0 Å². The number of imide groups is 1. The molecule has 3 N–H and O–H groups in total. The first-order chi connectivity index (χ1) is 10.4. The van der Waals surface area contributed by atoms with Crippen molar-refractivity contribution in [3.8, 4) is 0 Å². The van der Waals surface area contributed by atoms with E-state index < -0.39 is 26.9 Å². The quantitative estimate of drug-likeness (QED) is 0.634. The van der Waals surface area contributed by atoms with E-state index in [9.17, 15) is 18.0 Å². The molecule has 7 heteroatoms. The van der Waals surface area contributed by atoms with Gasteiger partial charge in [0.25, 0.3) is 0 Å². The van der Waals surface area contributed by atoms with E-state index in [0.717, 1.165) is 0 Å². The summed E-state index contributed by atoms with van der Waals surface area (Å²) in [5.41, 5.74) is 6.34. The number of nitrogen functional groups attached to an aromatic ring is 1. The number of benzene rings is 2. The molecule has 22 heavy (non-hydrogen) atoms. The van der Waals surface area contributed by atoms with Crippen molar-refractivity contribution in [3.63, 3.8) is 0 Å². The van der Waals surface area contributed by atoms with Gasteiger partial charge in [-0.3, -0.25) is 14.9 Å². The minimum absolute atomic E-state index is 0.00823. The number of carbonyl (C=O) groups excluding carboxylic acids is 2. The van der Waals surface area contributed by atoms with Gasteiger partial charge in [-0.1, -0.05) is 24.3 Å². The molecule has 1 fully saturated rings. The fourth-order valence-corrected chi connectivity index (χ4v) is 4.48. The largest absolute Gasteiger partial charge is 0.398 e. The number of nitrogens with one attached hydrogen (secondary N) is 1. The third-order valence-corrected chi connectivity index (χ3v) is 5.96.